The Kier molecular flexibility index (Phi) is 2.75. The van der Waals surface area contributed by atoms with Crippen LogP contribution >= 0.6 is 11.6 Å². The molecule has 78 valence electrons. The summed E-state index contributed by atoms with van der Waals surface area (Å²) in [6, 6.07) is 8.06. The van der Waals surface area contributed by atoms with Gasteiger partial charge in [-0.2, -0.15) is 0 Å². The minimum Gasteiger partial charge on any atom is -0.331 e. The third kappa shape index (κ3) is 2.03. The number of rotatable bonds is 2. The molecule has 0 aliphatic rings. The Morgan fingerprint density at radius 2 is 2.00 bits per heavy atom. The predicted molar refractivity (Wildman–Crippen MR) is 61.7 cm³/mol. The summed E-state index contributed by atoms with van der Waals surface area (Å²) in [6.45, 7) is 2.41. The first-order chi connectivity index (χ1) is 7.20. The number of benzene rings is 1. The normalized spacial score (nSPS) is 10.6. The van der Waals surface area contributed by atoms with E-state index in [1.54, 1.807) is 0 Å². The van der Waals surface area contributed by atoms with Crippen molar-refractivity contribution in [2.75, 3.05) is 0 Å². The maximum absolute atomic E-state index is 6.02. The van der Waals surface area contributed by atoms with Crippen LogP contribution < -0.4 is 5.73 Å². The minimum atomic E-state index is 0.367. The summed E-state index contributed by atoms with van der Waals surface area (Å²) >= 11 is 6.02. The van der Waals surface area contributed by atoms with Crippen LogP contribution in [0.1, 0.15) is 11.4 Å². The number of nitrogens with zero attached hydrogens (tertiary/aromatic N) is 1. The molecular formula is C11H12ClN3. The van der Waals surface area contributed by atoms with Gasteiger partial charge in [-0.05, 0) is 6.92 Å². The summed E-state index contributed by atoms with van der Waals surface area (Å²) in [4.78, 5) is 7.25. The molecule has 0 fully saturated rings. The van der Waals surface area contributed by atoms with Crippen LogP contribution in [0.15, 0.2) is 24.3 Å². The summed E-state index contributed by atoms with van der Waals surface area (Å²) in [5.41, 5.74) is 8.46. The minimum absolute atomic E-state index is 0.367. The first kappa shape index (κ1) is 10.2. The SMILES string of the molecule is Cc1ccc(-c2nc(CN)[nH]c2Cl)cc1. The molecule has 1 heterocycles. The monoisotopic (exact) mass is 221 g/mol. The molecule has 0 aliphatic heterocycles. The van der Waals surface area contributed by atoms with Crippen molar-refractivity contribution in [3.63, 3.8) is 0 Å². The van der Waals surface area contributed by atoms with Gasteiger partial charge in [0.2, 0.25) is 0 Å². The van der Waals surface area contributed by atoms with Crippen LogP contribution in [0, 0.1) is 6.92 Å². The zero-order chi connectivity index (χ0) is 10.8. The van der Waals surface area contributed by atoms with Gasteiger partial charge >= 0.3 is 0 Å². The number of aryl methyl sites for hydroxylation is 1. The molecule has 0 spiro atoms. The molecule has 15 heavy (non-hydrogen) atoms. The Bertz CT molecular complexity index is 459. The number of hydrogen-bond acceptors (Lipinski definition) is 2. The first-order valence-electron chi connectivity index (χ1n) is 4.72. The molecule has 0 saturated carbocycles. The molecule has 0 saturated heterocycles. The maximum atomic E-state index is 6.02. The molecular weight excluding hydrogens is 210 g/mol. The molecule has 0 bridgehead atoms. The Hall–Kier alpha value is -1.32. The molecule has 3 N–H and O–H groups in total. The number of halogens is 1. The molecule has 0 radical (unpaired) electrons. The van der Waals surface area contributed by atoms with Crippen LogP contribution in [0.3, 0.4) is 0 Å². The molecule has 0 aliphatic carbocycles. The van der Waals surface area contributed by atoms with E-state index in [-0.39, 0.29) is 0 Å². The lowest BCUT2D eigenvalue weighted by Gasteiger charge is -1.97. The van der Waals surface area contributed by atoms with Crippen molar-refractivity contribution in [1.29, 1.82) is 0 Å². The van der Waals surface area contributed by atoms with E-state index in [1.165, 1.54) is 5.56 Å². The first-order valence-corrected chi connectivity index (χ1v) is 5.10. The van der Waals surface area contributed by atoms with Gasteiger partial charge in [0, 0.05) is 5.56 Å². The topological polar surface area (TPSA) is 54.7 Å². The van der Waals surface area contributed by atoms with Gasteiger partial charge in [-0.1, -0.05) is 41.4 Å². The number of aromatic amines is 1. The van der Waals surface area contributed by atoms with E-state index in [0.717, 1.165) is 11.3 Å². The van der Waals surface area contributed by atoms with Gasteiger partial charge in [-0.3, -0.25) is 0 Å². The summed E-state index contributed by atoms with van der Waals surface area (Å²) in [6.07, 6.45) is 0. The Morgan fingerprint density at radius 1 is 1.33 bits per heavy atom. The van der Waals surface area contributed by atoms with Crippen LogP contribution in [0.4, 0.5) is 0 Å². The van der Waals surface area contributed by atoms with Crippen molar-refractivity contribution >= 4 is 11.6 Å². The molecule has 0 atom stereocenters. The Balaban J connectivity index is 2.44. The molecule has 0 amide bonds. The van der Waals surface area contributed by atoms with Crippen molar-refractivity contribution in [3.8, 4) is 11.3 Å². The third-order valence-corrected chi connectivity index (χ3v) is 2.50. The second-order valence-electron chi connectivity index (χ2n) is 3.42. The second kappa shape index (κ2) is 4.04. The lowest BCUT2D eigenvalue weighted by molar-refractivity contribution is 0.951. The van der Waals surface area contributed by atoms with Crippen LogP contribution in [-0.2, 0) is 6.54 Å². The van der Waals surface area contributed by atoms with Crippen LogP contribution in [0.2, 0.25) is 5.15 Å². The lowest BCUT2D eigenvalue weighted by atomic mass is 10.1. The van der Waals surface area contributed by atoms with Gasteiger partial charge in [-0.25, -0.2) is 4.98 Å². The highest BCUT2D eigenvalue weighted by Crippen LogP contribution is 2.25. The number of nitrogens with two attached hydrogens (primary N) is 1. The Morgan fingerprint density at radius 3 is 2.53 bits per heavy atom. The molecule has 1 aromatic carbocycles. The zero-order valence-electron chi connectivity index (χ0n) is 8.42. The van der Waals surface area contributed by atoms with Gasteiger partial charge in [-0.15, -0.1) is 0 Å². The van der Waals surface area contributed by atoms with Crippen molar-refractivity contribution in [2.24, 2.45) is 5.73 Å². The van der Waals surface area contributed by atoms with Crippen LogP contribution in [0.25, 0.3) is 11.3 Å². The average Bonchev–Trinajstić information content (AvgIpc) is 2.61. The van der Waals surface area contributed by atoms with Crippen LogP contribution in [-0.4, -0.2) is 9.97 Å². The highest BCUT2D eigenvalue weighted by molar-refractivity contribution is 6.31. The van der Waals surface area contributed by atoms with Crippen molar-refractivity contribution in [2.45, 2.75) is 13.5 Å². The van der Waals surface area contributed by atoms with Gasteiger partial charge in [0.05, 0.1) is 6.54 Å². The number of nitrogens with one attached hydrogen (secondary N) is 1. The summed E-state index contributed by atoms with van der Waals surface area (Å²) in [7, 11) is 0. The lowest BCUT2D eigenvalue weighted by Crippen LogP contribution is -1.97. The van der Waals surface area contributed by atoms with E-state index in [0.29, 0.717) is 17.5 Å². The number of hydrogen-bond donors (Lipinski definition) is 2. The largest absolute Gasteiger partial charge is 0.331 e. The van der Waals surface area contributed by atoms with E-state index in [4.69, 9.17) is 17.3 Å². The number of aromatic nitrogens is 2. The number of imidazole rings is 1. The van der Waals surface area contributed by atoms with E-state index in [1.807, 2.05) is 31.2 Å². The van der Waals surface area contributed by atoms with E-state index in [2.05, 4.69) is 9.97 Å². The zero-order valence-corrected chi connectivity index (χ0v) is 9.17. The molecule has 3 nitrogen and oxygen atoms in total. The fourth-order valence-electron chi connectivity index (χ4n) is 1.40. The van der Waals surface area contributed by atoms with Crippen molar-refractivity contribution in [1.82, 2.24) is 9.97 Å². The average molecular weight is 222 g/mol. The van der Waals surface area contributed by atoms with Crippen LogP contribution in [0.5, 0.6) is 0 Å². The fraction of sp³-hybridized carbons (Fsp3) is 0.182. The van der Waals surface area contributed by atoms with Gasteiger partial charge in [0.15, 0.2) is 0 Å². The fourth-order valence-corrected chi connectivity index (χ4v) is 1.66. The molecule has 2 aromatic rings. The highest BCUT2D eigenvalue weighted by atomic mass is 35.5. The third-order valence-electron chi connectivity index (χ3n) is 2.23. The second-order valence-corrected chi connectivity index (χ2v) is 3.79. The molecule has 4 heteroatoms. The summed E-state index contributed by atoms with van der Waals surface area (Å²) in [5.74, 6) is 0.704. The molecule has 2 rings (SSSR count). The van der Waals surface area contributed by atoms with E-state index in [9.17, 15) is 0 Å². The number of H-pyrrole nitrogens is 1. The summed E-state index contributed by atoms with van der Waals surface area (Å²) < 4.78 is 0. The van der Waals surface area contributed by atoms with E-state index < -0.39 is 0 Å². The summed E-state index contributed by atoms with van der Waals surface area (Å²) in [5, 5.41) is 0.541. The molecule has 1 aromatic heterocycles. The van der Waals surface area contributed by atoms with E-state index >= 15 is 0 Å². The van der Waals surface area contributed by atoms with Crippen molar-refractivity contribution in [3.05, 3.63) is 40.8 Å². The maximum Gasteiger partial charge on any atom is 0.134 e. The quantitative estimate of drug-likeness (QED) is 0.819. The van der Waals surface area contributed by atoms with Crippen molar-refractivity contribution < 1.29 is 0 Å². The van der Waals surface area contributed by atoms with Gasteiger partial charge < -0.3 is 10.7 Å². The smallest absolute Gasteiger partial charge is 0.134 e. The predicted octanol–water partition coefficient (Wildman–Crippen LogP) is 2.50. The molecule has 0 unspecified atom stereocenters. The standard InChI is InChI=1S/C11H12ClN3/c1-7-2-4-8(5-3-7)10-11(12)15-9(6-13)14-10/h2-5H,6,13H2,1H3,(H,14,15). The highest BCUT2D eigenvalue weighted by Gasteiger charge is 2.08. The van der Waals surface area contributed by atoms with Gasteiger partial charge in [0.25, 0.3) is 0 Å². The van der Waals surface area contributed by atoms with Gasteiger partial charge in [0.1, 0.15) is 16.7 Å². The Labute approximate surface area is 93.3 Å².